The second-order valence-corrected chi connectivity index (χ2v) is 3.74. The highest BCUT2D eigenvalue weighted by molar-refractivity contribution is 4.75. The standard InChI is InChI=1S/C9H18O.2C2H6/c1-6-5-7(2)9(4)10-8(6)3;2*1-2/h6-9H,5H2,1-4H3;2*1-2H3/t6-,7+,8-,9+;;. The van der Waals surface area contributed by atoms with Gasteiger partial charge in [-0.3, -0.25) is 0 Å². The van der Waals surface area contributed by atoms with Gasteiger partial charge >= 0.3 is 0 Å². The SMILES string of the molecule is CC.CC.C[C@@H]1C[C@H](C)[C@H](C)O[C@@H]1C. The zero-order valence-electron chi connectivity index (χ0n) is 11.4. The highest BCUT2D eigenvalue weighted by Crippen LogP contribution is 2.28. The fourth-order valence-electron chi connectivity index (χ4n) is 1.58. The van der Waals surface area contributed by atoms with Crippen LogP contribution in [0, 0.1) is 11.8 Å². The Bertz CT molecular complexity index is 85.8. The molecule has 1 nitrogen and oxygen atoms in total. The molecule has 0 radical (unpaired) electrons. The van der Waals surface area contributed by atoms with Gasteiger partial charge in [-0.15, -0.1) is 0 Å². The first-order valence-electron chi connectivity index (χ1n) is 6.26. The molecule has 1 fully saturated rings. The molecule has 0 N–H and O–H groups in total. The van der Waals surface area contributed by atoms with Gasteiger partial charge < -0.3 is 4.74 Å². The molecule has 0 aliphatic carbocycles. The summed E-state index contributed by atoms with van der Waals surface area (Å²) >= 11 is 0. The van der Waals surface area contributed by atoms with E-state index in [0.29, 0.717) is 12.2 Å². The molecule has 0 amide bonds. The lowest BCUT2D eigenvalue weighted by molar-refractivity contribution is -0.0885. The fourth-order valence-corrected chi connectivity index (χ4v) is 1.58. The summed E-state index contributed by atoms with van der Waals surface area (Å²) in [6, 6.07) is 0. The molecule has 1 rings (SSSR count). The van der Waals surface area contributed by atoms with E-state index < -0.39 is 0 Å². The van der Waals surface area contributed by atoms with E-state index in [-0.39, 0.29) is 0 Å². The van der Waals surface area contributed by atoms with Gasteiger partial charge in [0.25, 0.3) is 0 Å². The van der Waals surface area contributed by atoms with Crippen molar-refractivity contribution in [2.45, 2.75) is 74.0 Å². The van der Waals surface area contributed by atoms with Gasteiger partial charge in [-0.1, -0.05) is 41.5 Å². The van der Waals surface area contributed by atoms with Crippen molar-refractivity contribution in [3.05, 3.63) is 0 Å². The van der Waals surface area contributed by atoms with E-state index in [9.17, 15) is 0 Å². The van der Waals surface area contributed by atoms with Crippen molar-refractivity contribution in [3.8, 4) is 0 Å². The molecule has 0 aromatic heterocycles. The molecule has 14 heavy (non-hydrogen) atoms. The zero-order valence-corrected chi connectivity index (χ0v) is 11.4. The Labute approximate surface area is 91.2 Å². The summed E-state index contributed by atoms with van der Waals surface area (Å²) in [7, 11) is 0. The molecular formula is C13H30O. The molecule has 88 valence electrons. The van der Waals surface area contributed by atoms with Crippen LogP contribution in [0.15, 0.2) is 0 Å². The number of ether oxygens (including phenoxy) is 1. The van der Waals surface area contributed by atoms with E-state index in [1.165, 1.54) is 6.42 Å². The van der Waals surface area contributed by atoms with E-state index in [2.05, 4.69) is 27.7 Å². The lowest BCUT2D eigenvalue weighted by atomic mass is 9.87. The highest BCUT2D eigenvalue weighted by atomic mass is 16.5. The molecule has 1 aliphatic rings. The molecule has 0 aromatic rings. The van der Waals surface area contributed by atoms with Gasteiger partial charge in [0.15, 0.2) is 0 Å². The van der Waals surface area contributed by atoms with Crippen molar-refractivity contribution in [1.82, 2.24) is 0 Å². The maximum Gasteiger partial charge on any atom is 0.0576 e. The summed E-state index contributed by atoms with van der Waals surface area (Å²) in [5.74, 6) is 1.48. The van der Waals surface area contributed by atoms with Gasteiger partial charge in [-0.25, -0.2) is 0 Å². The summed E-state index contributed by atoms with van der Waals surface area (Å²) in [4.78, 5) is 0. The Morgan fingerprint density at radius 1 is 0.714 bits per heavy atom. The van der Waals surface area contributed by atoms with Crippen LogP contribution in [-0.2, 0) is 4.74 Å². The van der Waals surface area contributed by atoms with Crippen molar-refractivity contribution in [2.75, 3.05) is 0 Å². The van der Waals surface area contributed by atoms with E-state index in [1.807, 2.05) is 27.7 Å². The minimum absolute atomic E-state index is 0.464. The fraction of sp³-hybridized carbons (Fsp3) is 1.00. The number of hydrogen-bond donors (Lipinski definition) is 0. The smallest absolute Gasteiger partial charge is 0.0576 e. The Kier molecular flexibility index (Phi) is 11.1. The van der Waals surface area contributed by atoms with Gasteiger partial charge in [-0.05, 0) is 32.1 Å². The molecule has 0 bridgehead atoms. The van der Waals surface area contributed by atoms with Crippen molar-refractivity contribution in [3.63, 3.8) is 0 Å². The van der Waals surface area contributed by atoms with Crippen LogP contribution in [0.4, 0.5) is 0 Å². The minimum Gasteiger partial charge on any atom is -0.375 e. The van der Waals surface area contributed by atoms with Crippen molar-refractivity contribution in [1.29, 1.82) is 0 Å². The van der Waals surface area contributed by atoms with Crippen molar-refractivity contribution in [2.24, 2.45) is 11.8 Å². The molecular weight excluding hydrogens is 172 g/mol. The predicted molar refractivity (Wildman–Crippen MR) is 65.7 cm³/mol. The summed E-state index contributed by atoms with van der Waals surface area (Å²) in [5, 5.41) is 0. The average Bonchev–Trinajstić information content (AvgIpc) is 2.21. The van der Waals surface area contributed by atoms with Gasteiger partial charge in [0.1, 0.15) is 0 Å². The quantitative estimate of drug-likeness (QED) is 0.561. The monoisotopic (exact) mass is 202 g/mol. The van der Waals surface area contributed by atoms with Crippen LogP contribution in [0.5, 0.6) is 0 Å². The lowest BCUT2D eigenvalue weighted by Gasteiger charge is -2.35. The topological polar surface area (TPSA) is 9.23 Å². The van der Waals surface area contributed by atoms with Gasteiger partial charge in [0, 0.05) is 0 Å². The van der Waals surface area contributed by atoms with E-state index in [4.69, 9.17) is 4.74 Å². The molecule has 1 heterocycles. The van der Waals surface area contributed by atoms with Gasteiger partial charge in [0.05, 0.1) is 12.2 Å². The van der Waals surface area contributed by atoms with Crippen molar-refractivity contribution < 1.29 is 4.74 Å². The first-order chi connectivity index (χ1) is 6.61. The van der Waals surface area contributed by atoms with E-state index in [1.54, 1.807) is 0 Å². The van der Waals surface area contributed by atoms with Crippen LogP contribution >= 0.6 is 0 Å². The molecule has 0 aromatic carbocycles. The van der Waals surface area contributed by atoms with Crippen LogP contribution in [0.25, 0.3) is 0 Å². The second-order valence-electron chi connectivity index (χ2n) is 3.74. The maximum absolute atomic E-state index is 5.71. The normalized spacial score (nSPS) is 36.0. The second kappa shape index (κ2) is 9.51. The third kappa shape index (κ3) is 5.64. The minimum atomic E-state index is 0.464. The summed E-state index contributed by atoms with van der Waals surface area (Å²) in [5.41, 5.74) is 0. The highest BCUT2D eigenvalue weighted by Gasteiger charge is 2.27. The Balaban J connectivity index is 0. The zero-order chi connectivity index (χ0) is 11.7. The molecule has 0 saturated carbocycles. The van der Waals surface area contributed by atoms with Crippen LogP contribution < -0.4 is 0 Å². The van der Waals surface area contributed by atoms with E-state index in [0.717, 1.165) is 11.8 Å². The largest absolute Gasteiger partial charge is 0.375 e. The molecule has 1 aliphatic heterocycles. The number of hydrogen-bond acceptors (Lipinski definition) is 1. The van der Waals surface area contributed by atoms with Crippen LogP contribution in [0.2, 0.25) is 0 Å². The van der Waals surface area contributed by atoms with E-state index >= 15 is 0 Å². The van der Waals surface area contributed by atoms with Crippen LogP contribution in [0.3, 0.4) is 0 Å². The third-order valence-electron chi connectivity index (χ3n) is 2.78. The summed E-state index contributed by atoms with van der Waals surface area (Å²) in [6.45, 7) is 16.9. The van der Waals surface area contributed by atoms with Gasteiger partial charge in [-0.2, -0.15) is 0 Å². The molecule has 1 heteroatoms. The van der Waals surface area contributed by atoms with Crippen LogP contribution in [0.1, 0.15) is 61.8 Å². The Morgan fingerprint density at radius 2 is 1.00 bits per heavy atom. The summed E-state index contributed by atoms with van der Waals surface area (Å²) < 4.78 is 5.71. The predicted octanol–water partition coefficient (Wildman–Crippen LogP) is 4.51. The first-order valence-corrected chi connectivity index (χ1v) is 6.26. The Hall–Kier alpha value is -0.0400. The number of rotatable bonds is 0. The Morgan fingerprint density at radius 3 is 1.21 bits per heavy atom. The average molecular weight is 202 g/mol. The molecule has 4 atom stereocenters. The third-order valence-corrected chi connectivity index (χ3v) is 2.78. The maximum atomic E-state index is 5.71. The first kappa shape index (κ1) is 16.4. The molecule has 1 saturated heterocycles. The molecule has 0 spiro atoms. The van der Waals surface area contributed by atoms with Gasteiger partial charge in [0.2, 0.25) is 0 Å². The van der Waals surface area contributed by atoms with Crippen molar-refractivity contribution >= 4 is 0 Å². The van der Waals surface area contributed by atoms with Crippen LogP contribution in [-0.4, -0.2) is 12.2 Å². The molecule has 0 unspecified atom stereocenters. The lowest BCUT2D eigenvalue weighted by Crippen LogP contribution is -2.35. The summed E-state index contributed by atoms with van der Waals surface area (Å²) in [6.07, 6.45) is 2.25.